The Hall–Kier alpha value is -2.08. The fourth-order valence-corrected chi connectivity index (χ4v) is 2.83. The van der Waals surface area contributed by atoms with Crippen LogP contribution in [0.1, 0.15) is 0 Å². The quantitative estimate of drug-likeness (QED) is 0.772. The predicted molar refractivity (Wildman–Crippen MR) is 92.5 cm³/mol. The molecule has 0 atom stereocenters. The monoisotopic (exact) mass is 328 g/mol. The van der Waals surface area contributed by atoms with E-state index in [2.05, 4.69) is 20.7 Å². The number of benzene rings is 2. The van der Waals surface area contributed by atoms with Crippen LogP contribution in [0.3, 0.4) is 0 Å². The molecule has 0 amide bonds. The third kappa shape index (κ3) is 3.17. The molecule has 1 saturated heterocycles. The van der Waals surface area contributed by atoms with E-state index >= 15 is 0 Å². The van der Waals surface area contributed by atoms with Crippen molar-refractivity contribution in [2.75, 3.05) is 31.6 Å². The molecule has 23 heavy (non-hydrogen) atoms. The summed E-state index contributed by atoms with van der Waals surface area (Å²) in [5, 5.41) is 6.20. The van der Waals surface area contributed by atoms with Gasteiger partial charge in [-0.25, -0.2) is 9.99 Å². The maximum absolute atomic E-state index is 5.98. The smallest absolute Gasteiger partial charge is 0.227 e. The van der Waals surface area contributed by atoms with Crippen LogP contribution in [0.25, 0.3) is 22.6 Å². The summed E-state index contributed by atoms with van der Waals surface area (Å²) in [5.41, 5.74) is 6.95. The number of hydrogen-bond acceptors (Lipinski definition) is 5. The lowest BCUT2D eigenvalue weighted by Gasteiger charge is -2.28. The van der Waals surface area contributed by atoms with Gasteiger partial charge in [0.05, 0.1) is 0 Å². The van der Waals surface area contributed by atoms with E-state index in [1.165, 1.54) is 0 Å². The van der Waals surface area contributed by atoms with Gasteiger partial charge in [-0.15, -0.1) is 0 Å². The number of rotatable bonds is 3. The van der Waals surface area contributed by atoms with Crippen LogP contribution in [0.5, 0.6) is 0 Å². The Bertz CT molecular complexity index is 809. The maximum atomic E-state index is 5.98. The number of nitrogens with one attached hydrogen (secondary N) is 2. The first-order chi connectivity index (χ1) is 11.3. The maximum Gasteiger partial charge on any atom is 0.227 e. The first-order valence-corrected chi connectivity index (χ1v) is 8.04. The van der Waals surface area contributed by atoms with E-state index in [-0.39, 0.29) is 0 Å². The third-order valence-corrected chi connectivity index (χ3v) is 4.12. The minimum absolute atomic E-state index is 0.607. The molecule has 5 nitrogen and oxygen atoms in total. The molecule has 118 valence electrons. The van der Waals surface area contributed by atoms with Crippen molar-refractivity contribution in [1.82, 2.24) is 15.3 Å². The second-order valence-electron chi connectivity index (χ2n) is 5.56. The van der Waals surface area contributed by atoms with Gasteiger partial charge in [0.15, 0.2) is 5.58 Å². The molecule has 0 bridgehead atoms. The van der Waals surface area contributed by atoms with Gasteiger partial charge in [-0.3, -0.25) is 0 Å². The van der Waals surface area contributed by atoms with E-state index in [0.717, 1.165) is 42.9 Å². The van der Waals surface area contributed by atoms with E-state index in [1.807, 2.05) is 36.4 Å². The van der Waals surface area contributed by atoms with Gasteiger partial charge in [0.2, 0.25) is 5.89 Å². The van der Waals surface area contributed by atoms with Crippen molar-refractivity contribution in [3.8, 4) is 11.5 Å². The van der Waals surface area contributed by atoms with E-state index in [0.29, 0.717) is 16.5 Å². The molecule has 3 aromatic rings. The first kappa shape index (κ1) is 14.5. The molecule has 0 aliphatic carbocycles. The van der Waals surface area contributed by atoms with E-state index in [4.69, 9.17) is 16.0 Å². The Kier molecular flexibility index (Phi) is 3.91. The van der Waals surface area contributed by atoms with Crippen LogP contribution < -0.4 is 10.7 Å². The predicted octanol–water partition coefficient (Wildman–Crippen LogP) is 3.38. The summed E-state index contributed by atoms with van der Waals surface area (Å²) in [6.07, 6.45) is 0. The zero-order valence-corrected chi connectivity index (χ0v) is 13.3. The molecule has 0 spiro atoms. The third-order valence-electron chi connectivity index (χ3n) is 3.89. The number of piperazine rings is 1. The minimum Gasteiger partial charge on any atom is -0.436 e. The highest BCUT2D eigenvalue weighted by Gasteiger charge is 2.11. The number of oxazole rings is 1. The van der Waals surface area contributed by atoms with Gasteiger partial charge in [0.25, 0.3) is 0 Å². The molecule has 1 aliphatic heterocycles. The lowest BCUT2D eigenvalue weighted by Crippen LogP contribution is -2.46. The molecule has 2 aromatic carbocycles. The Balaban J connectivity index is 1.54. The Morgan fingerprint density at radius 1 is 1.09 bits per heavy atom. The number of anilines is 1. The van der Waals surface area contributed by atoms with Gasteiger partial charge in [0, 0.05) is 48.5 Å². The molecule has 1 aromatic heterocycles. The molecule has 0 radical (unpaired) electrons. The lowest BCUT2D eigenvalue weighted by molar-refractivity contribution is 0.287. The van der Waals surface area contributed by atoms with Crippen LogP contribution in [-0.2, 0) is 0 Å². The fourth-order valence-electron chi connectivity index (χ4n) is 2.67. The molecule has 6 heteroatoms. The van der Waals surface area contributed by atoms with Crippen LogP contribution in [-0.4, -0.2) is 36.2 Å². The molecule has 0 unspecified atom stereocenters. The van der Waals surface area contributed by atoms with Crippen molar-refractivity contribution in [3.05, 3.63) is 47.5 Å². The number of fused-ring (bicyclic) bond motifs is 1. The highest BCUT2D eigenvalue weighted by atomic mass is 35.5. The Morgan fingerprint density at radius 3 is 2.65 bits per heavy atom. The average molecular weight is 329 g/mol. The van der Waals surface area contributed by atoms with E-state index in [1.54, 1.807) is 6.07 Å². The standard InChI is InChI=1S/C17H17ClN4O/c18-13-3-6-15-16(11-13)23-17(20-15)12-1-4-14(5-2-12)21-22-9-7-19-8-10-22/h1-6,11,19,21H,7-10H2. The van der Waals surface area contributed by atoms with Crippen molar-refractivity contribution in [3.63, 3.8) is 0 Å². The normalized spacial score (nSPS) is 15.9. The van der Waals surface area contributed by atoms with E-state index < -0.39 is 0 Å². The van der Waals surface area contributed by atoms with Crippen LogP contribution in [0.4, 0.5) is 5.69 Å². The summed E-state index contributed by atoms with van der Waals surface area (Å²) < 4.78 is 5.79. The summed E-state index contributed by atoms with van der Waals surface area (Å²) >= 11 is 5.98. The number of halogens is 1. The van der Waals surface area contributed by atoms with Crippen molar-refractivity contribution >= 4 is 28.4 Å². The Labute approximate surface area is 139 Å². The largest absolute Gasteiger partial charge is 0.436 e. The topological polar surface area (TPSA) is 53.3 Å². The highest BCUT2D eigenvalue weighted by molar-refractivity contribution is 6.31. The van der Waals surface area contributed by atoms with Crippen LogP contribution in [0, 0.1) is 0 Å². The van der Waals surface area contributed by atoms with Crippen molar-refractivity contribution in [1.29, 1.82) is 0 Å². The van der Waals surface area contributed by atoms with Gasteiger partial charge in [-0.2, -0.15) is 0 Å². The number of hydrogen-bond donors (Lipinski definition) is 2. The molecule has 0 saturated carbocycles. The second-order valence-corrected chi connectivity index (χ2v) is 5.99. The SMILES string of the molecule is Clc1ccc2nc(-c3ccc(NN4CCNCC4)cc3)oc2c1. The molecule has 1 fully saturated rings. The molecule has 2 heterocycles. The molecule has 1 aliphatic rings. The number of nitrogens with zero attached hydrogens (tertiary/aromatic N) is 2. The number of hydrazine groups is 1. The lowest BCUT2D eigenvalue weighted by atomic mass is 10.2. The Morgan fingerprint density at radius 2 is 1.87 bits per heavy atom. The van der Waals surface area contributed by atoms with Crippen molar-refractivity contribution in [2.45, 2.75) is 0 Å². The fraction of sp³-hybridized carbons (Fsp3) is 0.235. The van der Waals surface area contributed by atoms with Crippen LogP contribution >= 0.6 is 11.6 Å². The molecule has 2 N–H and O–H groups in total. The van der Waals surface area contributed by atoms with Gasteiger partial charge in [-0.05, 0) is 36.4 Å². The van der Waals surface area contributed by atoms with Crippen molar-refractivity contribution < 1.29 is 4.42 Å². The minimum atomic E-state index is 0.607. The molecular formula is C17H17ClN4O. The second kappa shape index (κ2) is 6.20. The summed E-state index contributed by atoms with van der Waals surface area (Å²) in [6, 6.07) is 13.6. The highest BCUT2D eigenvalue weighted by Crippen LogP contribution is 2.27. The average Bonchev–Trinajstić information content (AvgIpc) is 2.99. The van der Waals surface area contributed by atoms with Gasteiger partial charge in [0.1, 0.15) is 5.52 Å². The zero-order valence-electron chi connectivity index (χ0n) is 12.6. The summed E-state index contributed by atoms with van der Waals surface area (Å²) in [7, 11) is 0. The first-order valence-electron chi connectivity index (χ1n) is 7.67. The summed E-state index contributed by atoms with van der Waals surface area (Å²) in [6.45, 7) is 4.01. The van der Waals surface area contributed by atoms with Gasteiger partial charge in [-0.1, -0.05) is 11.6 Å². The van der Waals surface area contributed by atoms with E-state index in [9.17, 15) is 0 Å². The summed E-state index contributed by atoms with van der Waals surface area (Å²) in [4.78, 5) is 4.51. The van der Waals surface area contributed by atoms with Crippen LogP contribution in [0.15, 0.2) is 46.9 Å². The van der Waals surface area contributed by atoms with Crippen molar-refractivity contribution in [2.24, 2.45) is 0 Å². The molecule has 4 rings (SSSR count). The molecular weight excluding hydrogens is 312 g/mol. The summed E-state index contributed by atoms with van der Waals surface area (Å²) in [5.74, 6) is 0.607. The zero-order chi connectivity index (χ0) is 15.6. The van der Waals surface area contributed by atoms with Crippen LogP contribution in [0.2, 0.25) is 5.02 Å². The van der Waals surface area contributed by atoms with Gasteiger partial charge < -0.3 is 15.2 Å². The van der Waals surface area contributed by atoms with Gasteiger partial charge >= 0.3 is 0 Å². The number of aromatic nitrogens is 1.